The predicted octanol–water partition coefficient (Wildman–Crippen LogP) is 1.72. The Balaban J connectivity index is 1.62. The van der Waals surface area contributed by atoms with Gasteiger partial charge in [-0.05, 0) is 31.9 Å². The molecule has 1 aliphatic heterocycles. The van der Waals surface area contributed by atoms with Crippen LogP contribution in [0, 0.1) is 0 Å². The number of nitrogens with one attached hydrogen (secondary N) is 1. The number of morpholine rings is 1. The highest BCUT2D eigenvalue weighted by atomic mass is 16.5. The predicted molar refractivity (Wildman–Crippen MR) is 90.2 cm³/mol. The normalized spacial score (nSPS) is 21.9. The van der Waals surface area contributed by atoms with Crippen molar-refractivity contribution in [3.05, 3.63) is 30.1 Å². The van der Waals surface area contributed by atoms with Crippen molar-refractivity contribution in [2.75, 3.05) is 33.2 Å². The fourth-order valence-corrected chi connectivity index (χ4v) is 2.94. The lowest BCUT2D eigenvalue weighted by molar-refractivity contribution is -0.0679. The van der Waals surface area contributed by atoms with Crippen molar-refractivity contribution in [2.45, 2.75) is 39.0 Å². The van der Waals surface area contributed by atoms with Crippen molar-refractivity contribution in [2.24, 2.45) is 0 Å². The Morgan fingerprint density at radius 3 is 2.83 bits per heavy atom. The molecule has 2 amide bonds. The molecule has 2 unspecified atom stereocenters. The van der Waals surface area contributed by atoms with Crippen molar-refractivity contribution < 1.29 is 9.53 Å². The van der Waals surface area contributed by atoms with E-state index in [1.807, 2.05) is 12.1 Å². The molecule has 1 N–H and O–H groups in total. The van der Waals surface area contributed by atoms with Crippen LogP contribution in [0.15, 0.2) is 24.5 Å². The summed E-state index contributed by atoms with van der Waals surface area (Å²) in [5.41, 5.74) is 1.03. The third kappa shape index (κ3) is 6.15. The van der Waals surface area contributed by atoms with E-state index >= 15 is 0 Å². The van der Waals surface area contributed by atoms with Gasteiger partial charge in [0.2, 0.25) is 0 Å². The van der Waals surface area contributed by atoms with Gasteiger partial charge in [0.15, 0.2) is 0 Å². The molecule has 1 aromatic heterocycles. The summed E-state index contributed by atoms with van der Waals surface area (Å²) < 4.78 is 5.73. The quantitative estimate of drug-likeness (QED) is 0.811. The molecule has 0 bridgehead atoms. The van der Waals surface area contributed by atoms with Crippen LogP contribution in [-0.2, 0) is 11.3 Å². The average molecular weight is 320 g/mol. The zero-order valence-electron chi connectivity index (χ0n) is 14.4. The van der Waals surface area contributed by atoms with Crippen LogP contribution in [0.4, 0.5) is 4.79 Å². The fourth-order valence-electron chi connectivity index (χ4n) is 2.94. The Morgan fingerprint density at radius 1 is 1.43 bits per heavy atom. The number of hydrogen-bond donors (Lipinski definition) is 1. The molecule has 6 nitrogen and oxygen atoms in total. The molecule has 2 heterocycles. The largest absolute Gasteiger partial charge is 0.373 e. The molecule has 0 radical (unpaired) electrons. The Hall–Kier alpha value is -1.66. The molecule has 1 aliphatic rings. The number of carbonyl (C=O) groups excluding carboxylic acids is 1. The summed E-state index contributed by atoms with van der Waals surface area (Å²) in [5.74, 6) is 0. The Morgan fingerprint density at radius 2 is 2.17 bits per heavy atom. The maximum absolute atomic E-state index is 12.1. The number of carbonyl (C=O) groups is 1. The van der Waals surface area contributed by atoms with Gasteiger partial charge < -0.3 is 15.0 Å². The SMILES string of the molecule is CC1CN(CCCNC(=O)N(C)Cc2cccnc2)CC(C)O1. The number of amides is 2. The second-order valence-corrected chi connectivity index (χ2v) is 6.32. The minimum atomic E-state index is -0.0439. The van der Waals surface area contributed by atoms with Crippen LogP contribution in [0.25, 0.3) is 0 Å². The number of rotatable bonds is 6. The highest BCUT2D eigenvalue weighted by molar-refractivity contribution is 5.73. The van der Waals surface area contributed by atoms with Gasteiger partial charge in [0.1, 0.15) is 0 Å². The van der Waals surface area contributed by atoms with Crippen LogP contribution in [0.5, 0.6) is 0 Å². The molecule has 0 spiro atoms. The molecule has 1 fully saturated rings. The van der Waals surface area contributed by atoms with E-state index in [0.29, 0.717) is 25.3 Å². The average Bonchev–Trinajstić information content (AvgIpc) is 2.51. The van der Waals surface area contributed by atoms with E-state index in [-0.39, 0.29) is 6.03 Å². The van der Waals surface area contributed by atoms with Crippen molar-refractivity contribution in [1.82, 2.24) is 20.1 Å². The first-order chi connectivity index (χ1) is 11.0. The summed E-state index contributed by atoms with van der Waals surface area (Å²) in [5, 5.41) is 2.97. The van der Waals surface area contributed by atoms with Crippen LogP contribution in [-0.4, -0.2) is 66.2 Å². The summed E-state index contributed by atoms with van der Waals surface area (Å²) in [6.45, 7) is 8.41. The van der Waals surface area contributed by atoms with Gasteiger partial charge in [0, 0.05) is 52.2 Å². The summed E-state index contributed by atoms with van der Waals surface area (Å²) in [6.07, 6.45) is 5.05. The van der Waals surface area contributed by atoms with E-state index in [0.717, 1.165) is 31.6 Å². The Bertz CT molecular complexity index is 473. The summed E-state index contributed by atoms with van der Waals surface area (Å²) >= 11 is 0. The molecular weight excluding hydrogens is 292 g/mol. The Labute approximate surface area is 138 Å². The fraction of sp³-hybridized carbons (Fsp3) is 0.647. The molecule has 23 heavy (non-hydrogen) atoms. The highest BCUT2D eigenvalue weighted by Gasteiger charge is 2.21. The van der Waals surface area contributed by atoms with Gasteiger partial charge in [0.05, 0.1) is 12.2 Å². The van der Waals surface area contributed by atoms with E-state index in [1.54, 1.807) is 24.3 Å². The molecule has 128 valence electrons. The summed E-state index contributed by atoms with van der Waals surface area (Å²) in [7, 11) is 1.80. The van der Waals surface area contributed by atoms with Gasteiger partial charge in [-0.2, -0.15) is 0 Å². The van der Waals surface area contributed by atoms with Crippen LogP contribution < -0.4 is 5.32 Å². The molecule has 1 aromatic rings. The van der Waals surface area contributed by atoms with Gasteiger partial charge in [-0.1, -0.05) is 6.07 Å². The smallest absolute Gasteiger partial charge is 0.317 e. The lowest BCUT2D eigenvalue weighted by Crippen LogP contribution is -2.46. The lowest BCUT2D eigenvalue weighted by atomic mass is 10.2. The van der Waals surface area contributed by atoms with Crippen LogP contribution in [0.1, 0.15) is 25.8 Å². The zero-order chi connectivity index (χ0) is 16.7. The molecule has 0 aliphatic carbocycles. The molecule has 0 aromatic carbocycles. The van der Waals surface area contributed by atoms with Gasteiger partial charge in [-0.15, -0.1) is 0 Å². The van der Waals surface area contributed by atoms with E-state index < -0.39 is 0 Å². The van der Waals surface area contributed by atoms with Crippen LogP contribution in [0.2, 0.25) is 0 Å². The van der Waals surface area contributed by atoms with Gasteiger partial charge in [0.25, 0.3) is 0 Å². The number of pyridine rings is 1. The van der Waals surface area contributed by atoms with E-state index in [2.05, 4.69) is 29.0 Å². The number of urea groups is 1. The Kier molecular flexibility index (Phi) is 6.80. The maximum Gasteiger partial charge on any atom is 0.317 e. The van der Waals surface area contributed by atoms with Crippen molar-refractivity contribution in [3.8, 4) is 0 Å². The third-order valence-electron chi connectivity index (χ3n) is 3.91. The molecule has 1 saturated heterocycles. The summed E-state index contributed by atoms with van der Waals surface area (Å²) in [4.78, 5) is 20.2. The van der Waals surface area contributed by atoms with E-state index in [9.17, 15) is 4.79 Å². The minimum Gasteiger partial charge on any atom is -0.373 e. The van der Waals surface area contributed by atoms with Crippen LogP contribution >= 0.6 is 0 Å². The zero-order valence-corrected chi connectivity index (χ0v) is 14.4. The molecule has 2 rings (SSSR count). The molecular formula is C17H28N4O2. The number of hydrogen-bond acceptors (Lipinski definition) is 4. The van der Waals surface area contributed by atoms with E-state index in [4.69, 9.17) is 4.74 Å². The number of nitrogens with zero attached hydrogens (tertiary/aromatic N) is 3. The van der Waals surface area contributed by atoms with Gasteiger partial charge in [-0.25, -0.2) is 4.79 Å². The first-order valence-electron chi connectivity index (χ1n) is 8.30. The second kappa shape index (κ2) is 8.84. The minimum absolute atomic E-state index is 0.0439. The molecule has 0 saturated carbocycles. The van der Waals surface area contributed by atoms with E-state index in [1.165, 1.54) is 0 Å². The lowest BCUT2D eigenvalue weighted by Gasteiger charge is -2.35. The van der Waals surface area contributed by atoms with Crippen molar-refractivity contribution in [3.63, 3.8) is 0 Å². The van der Waals surface area contributed by atoms with Gasteiger partial charge in [-0.3, -0.25) is 9.88 Å². The monoisotopic (exact) mass is 320 g/mol. The van der Waals surface area contributed by atoms with Gasteiger partial charge >= 0.3 is 6.03 Å². The number of ether oxygens (including phenoxy) is 1. The maximum atomic E-state index is 12.1. The first-order valence-corrected chi connectivity index (χ1v) is 8.30. The summed E-state index contributed by atoms with van der Waals surface area (Å²) in [6, 6.07) is 3.81. The van der Waals surface area contributed by atoms with Crippen molar-refractivity contribution in [1.29, 1.82) is 0 Å². The number of aromatic nitrogens is 1. The topological polar surface area (TPSA) is 57.7 Å². The first kappa shape index (κ1) is 17.7. The standard InChI is InChI=1S/C17H28N4O2/c1-14-11-21(12-15(2)23-14)9-5-8-19-17(22)20(3)13-16-6-4-7-18-10-16/h4,6-7,10,14-15H,5,8-9,11-13H2,1-3H3,(H,19,22). The highest BCUT2D eigenvalue weighted by Crippen LogP contribution is 2.10. The van der Waals surface area contributed by atoms with Crippen molar-refractivity contribution >= 4 is 6.03 Å². The third-order valence-corrected chi connectivity index (χ3v) is 3.91. The molecule has 6 heteroatoms. The molecule has 2 atom stereocenters. The second-order valence-electron chi connectivity index (χ2n) is 6.32. The van der Waals surface area contributed by atoms with Crippen LogP contribution in [0.3, 0.4) is 0 Å².